The number of benzene rings is 1. The van der Waals surface area contributed by atoms with Gasteiger partial charge in [-0.3, -0.25) is 9.59 Å². The number of aliphatic carboxylic acids is 1. The number of hydrogen-bond donors (Lipinski definition) is 3. The van der Waals surface area contributed by atoms with Crippen molar-refractivity contribution in [2.75, 3.05) is 5.75 Å². The topological polar surface area (TPSA) is 139 Å². The summed E-state index contributed by atoms with van der Waals surface area (Å²) in [4.78, 5) is 41.1. The number of phenols is 1. The van der Waals surface area contributed by atoms with Crippen molar-refractivity contribution < 1.29 is 29.6 Å². The number of pyridine rings is 2. The Balaban J connectivity index is 1.61. The zero-order valence-corrected chi connectivity index (χ0v) is 19.1. The number of aromatic hydroxyl groups is 1. The summed E-state index contributed by atoms with van der Waals surface area (Å²) in [5.41, 5.74) is 1.47. The zero-order valence-electron chi connectivity index (χ0n) is 18.3. The number of aliphatic hydroxyl groups is 1. The van der Waals surface area contributed by atoms with Crippen LogP contribution in [0.2, 0.25) is 0 Å². The lowest BCUT2D eigenvalue weighted by atomic mass is 9.86. The van der Waals surface area contributed by atoms with Gasteiger partial charge in [-0.15, -0.1) is 0 Å². The van der Waals surface area contributed by atoms with Gasteiger partial charge in [-0.05, 0) is 30.7 Å². The van der Waals surface area contributed by atoms with E-state index in [-0.39, 0.29) is 48.4 Å². The van der Waals surface area contributed by atoms with Crippen molar-refractivity contribution in [1.29, 1.82) is 0 Å². The highest BCUT2D eigenvalue weighted by Gasteiger charge is 2.45. The standard InChI is InChI=1S/C24H22N2O7S/c1-2-24(32)16-8-18-21-12(9-26(18)22(30)14(16)10-33-23(24)31)7-13-15(11-34-6-5-20(28)29)19(27)4-3-17(13)25-21/h3-4,7-8,27,32H,2,5-6,9-11H2,1H3,(H,28,29)/t24-/m0/s1. The molecule has 3 N–H and O–H groups in total. The number of carboxylic acids is 1. The lowest BCUT2D eigenvalue weighted by Gasteiger charge is -2.31. The Morgan fingerprint density at radius 2 is 2.09 bits per heavy atom. The quantitative estimate of drug-likeness (QED) is 0.279. The Morgan fingerprint density at radius 1 is 1.29 bits per heavy atom. The maximum Gasteiger partial charge on any atom is 0.343 e. The summed E-state index contributed by atoms with van der Waals surface area (Å²) >= 11 is 1.41. The Labute approximate surface area is 198 Å². The first-order valence-electron chi connectivity index (χ1n) is 10.9. The summed E-state index contributed by atoms with van der Waals surface area (Å²) in [5, 5.41) is 31.0. The van der Waals surface area contributed by atoms with Gasteiger partial charge in [-0.1, -0.05) is 6.92 Å². The third-order valence-electron chi connectivity index (χ3n) is 6.48. The second-order valence-electron chi connectivity index (χ2n) is 8.43. The van der Waals surface area contributed by atoms with E-state index in [1.165, 1.54) is 11.8 Å². The number of carboxylic acid groups (broad SMARTS) is 1. The summed E-state index contributed by atoms with van der Waals surface area (Å²) in [7, 11) is 0. The molecule has 0 saturated heterocycles. The number of carbonyl (C=O) groups is 2. The summed E-state index contributed by atoms with van der Waals surface area (Å²) in [6.45, 7) is 1.73. The second-order valence-corrected chi connectivity index (χ2v) is 9.53. The van der Waals surface area contributed by atoms with Gasteiger partial charge in [0, 0.05) is 33.6 Å². The molecule has 0 amide bonds. The van der Waals surface area contributed by atoms with Crippen LogP contribution in [-0.4, -0.2) is 42.6 Å². The number of phenolic OH excluding ortho intramolecular Hbond substituents is 1. The van der Waals surface area contributed by atoms with Crippen LogP contribution in [0.1, 0.15) is 42.0 Å². The number of nitrogens with zero attached hydrogens (tertiary/aromatic N) is 2. The van der Waals surface area contributed by atoms with Crippen LogP contribution in [-0.2, 0) is 38.8 Å². The number of carbonyl (C=O) groups excluding carboxylic acids is 1. The van der Waals surface area contributed by atoms with Crippen molar-refractivity contribution in [3.05, 3.63) is 56.9 Å². The van der Waals surface area contributed by atoms with E-state index in [2.05, 4.69) is 0 Å². The minimum absolute atomic E-state index is 0.0308. The summed E-state index contributed by atoms with van der Waals surface area (Å²) < 4.78 is 6.66. The minimum Gasteiger partial charge on any atom is -0.508 e. The van der Waals surface area contributed by atoms with Crippen LogP contribution in [0.25, 0.3) is 22.3 Å². The molecule has 3 aromatic rings. The van der Waals surface area contributed by atoms with Gasteiger partial charge in [0.2, 0.25) is 0 Å². The minimum atomic E-state index is -1.88. The zero-order chi connectivity index (χ0) is 24.2. The van der Waals surface area contributed by atoms with Gasteiger partial charge in [0.25, 0.3) is 5.56 Å². The number of ether oxygens (including phenoxy) is 1. The number of rotatable bonds is 6. The van der Waals surface area contributed by atoms with E-state index >= 15 is 0 Å². The Kier molecular flexibility index (Phi) is 5.37. The predicted octanol–water partition coefficient (Wildman–Crippen LogP) is 2.49. The van der Waals surface area contributed by atoms with Gasteiger partial charge >= 0.3 is 11.9 Å². The number of esters is 1. The second kappa shape index (κ2) is 8.14. The molecule has 10 heteroatoms. The molecule has 34 heavy (non-hydrogen) atoms. The average molecular weight is 483 g/mol. The van der Waals surface area contributed by atoms with Gasteiger partial charge < -0.3 is 24.6 Å². The highest BCUT2D eigenvalue weighted by atomic mass is 32.2. The molecule has 0 fully saturated rings. The molecule has 5 rings (SSSR count). The molecule has 4 heterocycles. The van der Waals surface area contributed by atoms with Crippen molar-refractivity contribution >= 4 is 34.6 Å². The van der Waals surface area contributed by atoms with Crippen LogP contribution >= 0.6 is 11.8 Å². The van der Waals surface area contributed by atoms with Gasteiger partial charge in [0.05, 0.1) is 35.4 Å². The van der Waals surface area contributed by atoms with Crippen LogP contribution in [0.3, 0.4) is 0 Å². The van der Waals surface area contributed by atoms with Gasteiger partial charge in [0.15, 0.2) is 5.60 Å². The molecule has 2 aromatic heterocycles. The van der Waals surface area contributed by atoms with Gasteiger partial charge in [0.1, 0.15) is 12.4 Å². The van der Waals surface area contributed by atoms with Crippen molar-refractivity contribution in [3.63, 3.8) is 0 Å². The highest BCUT2D eigenvalue weighted by molar-refractivity contribution is 7.98. The lowest BCUT2D eigenvalue weighted by Crippen LogP contribution is -2.44. The fourth-order valence-electron chi connectivity index (χ4n) is 4.59. The third-order valence-corrected chi connectivity index (χ3v) is 7.47. The molecule has 0 radical (unpaired) electrons. The lowest BCUT2D eigenvalue weighted by molar-refractivity contribution is -0.172. The molecule has 0 saturated carbocycles. The predicted molar refractivity (Wildman–Crippen MR) is 125 cm³/mol. The molecule has 0 unspecified atom stereocenters. The van der Waals surface area contributed by atoms with Crippen molar-refractivity contribution in [1.82, 2.24) is 9.55 Å². The van der Waals surface area contributed by atoms with E-state index in [0.717, 1.165) is 10.9 Å². The number of cyclic esters (lactones) is 1. The third kappa shape index (κ3) is 3.36. The summed E-state index contributed by atoms with van der Waals surface area (Å²) in [6, 6.07) is 6.79. The Bertz CT molecular complexity index is 1430. The molecule has 1 aromatic carbocycles. The van der Waals surface area contributed by atoms with Crippen LogP contribution in [0.4, 0.5) is 0 Å². The first kappa shape index (κ1) is 22.4. The molecular weight excluding hydrogens is 460 g/mol. The first-order chi connectivity index (χ1) is 16.2. The number of thioether (sulfide) groups is 1. The Morgan fingerprint density at radius 3 is 2.82 bits per heavy atom. The van der Waals surface area contributed by atoms with Crippen molar-refractivity contribution in [2.45, 2.75) is 44.3 Å². The van der Waals surface area contributed by atoms with Crippen molar-refractivity contribution in [2.24, 2.45) is 0 Å². The molecule has 2 aliphatic rings. The SMILES string of the molecule is CC[C@@]1(O)C(=O)OCc2c1cc1n(c2=O)Cc2cc3c(CSCCC(=O)O)c(O)ccc3nc2-1. The number of aromatic nitrogens is 2. The van der Waals surface area contributed by atoms with E-state index in [1.54, 1.807) is 29.7 Å². The van der Waals surface area contributed by atoms with E-state index in [9.17, 15) is 24.6 Å². The van der Waals surface area contributed by atoms with Gasteiger partial charge in [-0.2, -0.15) is 11.8 Å². The van der Waals surface area contributed by atoms with Crippen molar-refractivity contribution in [3.8, 4) is 17.1 Å². The molecule has 176 valence electrons. The van der Waals surface area contributed by atoms with E-state index in [0.29, 0.717) is 34.0 Å². The molecule has 2 aliphatic heterocycles. The van der Waals surface area contributed by atoms with E-state index < -0.39 is 17.5 Å². The first-order valence-corrected chi connectivity index (χ1v) is 12.0. The van der Waals surface area contributed by atoms with Crippen LogP contribution in [0.15, 0.2) is 29.1 Å². The van der Waals surface area contributed by atoms with E-state index in [1.807, 2.05) is 6.07 Å². The summed E-state index contributed by atoms with van der Waals surface area (Å²) in [6.07, 6.45) is 0.102. The van der Waals surface area contributed by atoms with Crippen LogP contribution < -0.4 is 5.56 Å². The highest BCUT2D eigenvalue weighted by Crippen LogP contribution is 2.40. The smallest absolute Gasteiger partial charge is 0.343 e. The number of fused-ring (bicyclic) bond motifs is 5. The molecule has 0 bridgehead atoms. The normalized spacial score (nSPS) is 18.4. The number of hydrogen-bond acceptors (Lipinski definition) is 8. The average Bonchev–Trinajstić information content (AvgIpc) is 3.17. The fourth-order valence-corrected chi connectivity index (χ4v) is 5.56. The largest absolute Gasteiger partial charge is 0.508 e. The fraction of sp³-hybridized carbons (Fsp3) is 0.333. The molecule has 0 aliphatic carbocycles. The van der Waals surface area contributed by atoms with E-state index in [4.69, 9.17) is 14.8 Å². The maximum absolute atomic E-state index is 13.3. The maximum atomic E-state index is 13.3. The summed E-state index contributed by atoms with van der Waals surface area (Å²) in [5.74, 6) is -0.707. The molecule has 0 spiro atoms. The molecule has 1 atom stereocenters. The molecule has 9 nitrogen and oxygen atoms in total. The Hall–Kier alpha value is -3.37. The van der Waals surface area contributed by atoms with Crippen LogP contribution in [0.5, 0.6) is 5.75 Å². The van der Waals surface area contributed by atoms with Crippen LogP contribution in [0, 0.1) is 0 Å². The molecular formula is C24H22N2O7S. The van der Waals surface area contributed by atoms with Gasteiger partial charge in [-0.25, -0.2) is 9.78 Å². The monoisotopic (exact) mass is 482 g/mol.